The van der Waals surface area contributed by atoms with Crippen LogP contribution in [0.2, 0.25) is 0 Å². The molecule has 1 heterocycles. The molecule has 2 aromatic carbocycles. The lowest BCUT2D eigenvalue weighted by Gasteiger charge is -2.10. The van der Waals surface area contributed by atoms with E-state index < -0.39 is 11.7 Å². The first kappa shape index (κ1) is 16.6. The van der Waals surface area contributed by atoms with E-state index in [9.17, 15) is 9.18 Å². The van der Waals surface area contributed by atoms with Crippen molar-refractivity contribution < 1.29 is 9.18 Å². The number of amides is 1. The maximum atomic E-state index is 13.6. The third-order valence-electron chi connectivity index (χ3n) is 3.86. The van der Waals surface area contributed by atoms with Crippen molar-refractivity contribution >= 4 is 17.3 Å². The predicted octanol–water partition coefficient (Wildman–Crippen LogP) is 4.39. The van der Waals surface area contributed by atoms with Gasteiger partial charge in [-0.1, -0.05) is 36.4 Å². The molecule has 0 bridgehead atoms. The van der Waals surface area contributed by atoms with Crippen LogP contribution in [0.25, 0.3) is 0 Å². The molecule has 2 N–H and O–H groups in total. The number of hydrogen-bond donors (Lipinski definition) is 2. The summed E-state index contributed by atoms with van der Waals surface area (Å²) in [6.45, 7) is 2.70. The standard InChI is InChI=1S/C20H18FN3O/c1-14-6-2-3-7-15(14)13-23-16-10-11-22-19(12-16)20(25)24-18-9-5-4-8-17(18)21/h2-12H,13H2,1H3,(H,22,23)(H,24,25). The molecule has 0 saturated carbocycles. The minimum absolute atomic E-state index is 0.132. The quantitative estimate of drug-likeness (QED) is 0.727. The van der Waals surface area contributed by atoms with Gasteiger partial charge < -0.3 is 10.6 Å². The number of benzene rings is 2. The molecule has 0 aliphatic rings. The van der Waals surface area contributed by atoms with E-state index in [1.807, 2.05) is 12.1 Å². The third-order valence-corrected chi connectivity index (χ3v) is 3.86. The van der Waals surface area contributed by atoms with Gasteiger partial charge in [0.1, 0.15) is 11.5 Å². The van der Waals surface area contributed by atoms with Crippen molar-refractivity contribution in [2.45, 2.75) is 13.5 Å². The average molecular weight is 335 g/mol. The minimum Gasteiger partial charge on any atom is -0.381 e. The molecule has 25 heavy (non-hydrogen) atoms. The Bertz CT molecular complexity index is 895. The smallest absolute Gasteiger partial charge is 0.274 e. The second kappa shape index (κ2) is 7.57. The Balaban J connectivity index is 1.70. The van der Waals surface area contributed by atoms with E-state index in [0.29, 0.717) is 6.54 Å². The summed E-state index contributed by atoms with van der Waals surface area (Å²) in [6, 6.07) is 17.6. The fourth-order valence-electron chi connectivity index (χ4n) is 2.42. The van der Waals surface area contributed by atoms with Crippen LogP contribution in [-0.4, -0.2) is 10.9 Å². The van der Waals surface area contributed by atoms with Crippen LogP contribution in [0.15, 0.2) is 66.9 Å². The monoisotopic (exact) mass is 335 g/mol. The molecule has 1 aromatic heterocycles. The van der Waals surface area contributed by atoms with Gasteiger partial charge in [-0.3, -0.25) is 9.78 Å². The molecule has 0 atom stereocenters. The molecule has 0 aliphatic carbocycles. The molecule has 0 spiro atoms. The maximum Gasteiger partial charge on any atom is 0.274 e. The fourth-order valence-corrected chi connectivity index (χ4v) is 2.42. The zero-order valence-electron chi connectivity index (χ0n) is 13.8. The Morgan fingerprint density at radius 3 is 2.64 bits per heavy atom. The van der Waals surface area contributed by atoms with E-state index >= 15 is 0 Å². The Labute approximate surface area is 145 Å². The number of aromatic nitrogens is 1. The number of halogens is 1. The van der Waals surface area contributed by atoms with Crippen LogP contribution in [0.1, 0.15) is 21.6 Å². The van der Waals surface area contributed by atoms with E-state index in [4.69, 9.17) is 0 Å². The Morgan fingerprint density at radius 2 is 1.84 bits per heavy atom. The van der Waals surface area contributed by atoms with Crippen molar-refractivity contribution in [2.75, 3.05) is 10.6 Å². The first-order valence-electron chi connectivity index (χ1n) is 7.94. The van der Waals surface area contributed by atoms with Crippen molar-refractivity contribution in [3.05, 3.63) is 89.5 Å². The van der Waals surface area contributed by atoms with Crippen molar-refractivity contribution in [1.82, 2.24) is 4.98 Å². The Hall–Kier alpha value is -3.21. The van der Waals surface area contributed by atoms with E-state index in [1.54, 1.807) is 30.5 Å². The van der Waals surface area contributed by atoms with Gasteiger partial charge in [0.15, 0.2) is 0 Å². The predicted molar refractivity (Wildman–Crippen MR) is 97.1 cm³/mol. The van der Waals surface area contributed by atoms with E-state index in [-0.39, 0.29) is 11.4 Å². The zero-order valence-corrected chi connectivity index (χ0v) is 13.8. The second-order valence-electron chi connectivity index (χ2n) is 5.64. The maximum absolute atomic E-state index is 13.6. The largest absolute Gasteiger partial charge is 0.381 e. The van der Waals surface area contributed by atoms with Crippen LogP contribution in [0, 0.1) is 12.7 Å². The van der Waals surface area contributed by atoms with Crippen molar-refractivity contribution in [3.8, 4) is 0 Å². The van der Waals surface area contributed by atoms with Crippen LogP contribution < -0.4 is 10.6 Å². The summed E-state index contributed by atoms with van der Waals surface area (Å²) in [7, 11) is 0. The SMILES string of the molecule is Cc1ccccc1CNc1ccnc(C(=O)Nc2ccccc2F)c1. The van der Waals surface area contributed by atoms with Gasteiger partial charge in [0, 0.05) is 18.4 Å². The number of hydrogen-bond acceptors (Lipinski definition) is 3. The number of aryl methyl sites for hydroxylation is 1. The van der Waals surface area contributed by atoms with Crippen molar-refractivity contribution in [1.29, 1.82) is 0 Å². The van der Waals surface area contributed by atoms with Crippen LogP contribution in [0.5, 0.6) is 0 Å². The number of nitrogens with one attached hydrogen (secondary N) is 2. The van der Waals surface area contributed by atoms with Gasteiger partial charge >= 0.3 is 0 Å². The van der Waals surface area contributed by atoms with Gasteiger partial charge in [-0.05, 0) is 42.3 Å². The first-order valence-corrected chi connectivity index (χ1v) is 7.94. The lowest BCUT2D eigenvalue weighted by molar-refractivity contribution is 0.102. The summed E-state index contributed by atoms with van der Waals surface area (Å²) in [5, 5.41) is 5.81. The average Bonchev–Trinajstić information content (AvgIpc) is 2.63. The number of nitrogens with zero attached hydrogens (tertiary/aromatic N) is 1. The molecule has 4 nitrogen and oxygen atoms in total. The number of anilines is 2. The highest BCUT2D eigenvalue weighted by molar-refractivity contribution is 6.03. The van der Waals surface area contributed by atoms with Crippen LogP contribution in [0.4, 0.5) is 15.8 Å². The van der Waals surface area contributed by atoms with Gasteiger partial charge in [0.2, 0.25) is 0 Å². The highest BCUT2D eigenvalue weighted by Crippen LogP contribution is 2.16. The molecule has 0 radical (unpaired) electrons. The number of rotatable bonds is 5. The number of carbonyl (C=O) groups is 1. The summed E-state index contributed by atoms with van der Waals surface area (Å²) in [6.07, 6.45) is 1.55. The summed E-state index contributed by atoms with van der Waals surface area (Å²) in [5.74, 6) is -0.936. The Morgan fingerprint density at radius 1 is 1.08 bits per heavy atom. The molecule has 0 unspecified atom stereocenters. The van der Waals surface area contributed by atoms with Gasteiger partial charge in [0.05, 0.1) is 5.69 Å². The van der Waals surface area contributed by atoms with E-state index in [1.165, 1.54) is 23.3 Å². The minimum atomic E-state index is -0.482. The van der Waals surface area contributed by atoms with Crippen LogP contribution in [-0.2, 0) is 6.54 Å². The third kappa shape index (κ3) is 4.20. The molecular weight excluding hydrogens is 317 g/mol. The molecule has 0 aliphatic heterocycles. The summed E-state index contributed by atoms with van der Waals surface area (Å²) >= 11 is 0. The molecule has 0 saturated heterocycles. The van der Waals surface area contributed by atoms with Gasteiger partial charge in [-0.25, -0.2) is 4.39 Å². The van der Waals surface area contributed by atoms with Gasteiger partial charge in [-0.15, -0.1) is 0 Å². The summed E-state index contributed by atoms with van der Waals surface area (Å²) in [4.78, 5) is 16.3. The first-order chi connectivity index (χ1) is 12.1. The number of carbonyl (C=O) groups excluding carboxylic acids is 1. The van der Waals surface area contributed by atoms with Crippen molar-refractivity contribution in [2.24, 2.45) is 0 Å². The highest BCUT2D eigenvalue weighted by Gasteiger charge is 2.11. The lowest BCUT2D eigenvalue weighted by atomic mass is 10.1. The highest BCUT2D eigenvalue weighted by atomic mass is 19.1. The molecule has 3 rings (SSSR count). The summed E-state index contributed by atoms with van der Waals surface area (Å²) in [5.41, 5.74) is 3.50. The van der Waals surface area contributed by atoms with E-state index in [0.717, 1.165) is 5.69 Å². The van der Waals surface area contributed by atoms with Gasteiger partial charge in [-0.2, -0.15) is 0 Å². The fraction of sp³-hybridized carbons (Fsp3) is 0.100. The number of pyridine rings is 1. The topological polar surface area (TPSA) is 54.0 Å². The molecule has 5 heteroatoms. The summed E-state index contributed by atoms with van der Waals surface area (Å²) < 4.78 is 13.6. The lowest BCUT2D eigenvalue weighted by Crippen LogP contribution is -2.15. The van der Waals surface area contributed by atoms with Crippen LogP contribution >= 0.6 is 0 Å². The molecule has 126 valence electrons. The van der Waals surface area contributed by atoms with Crippen molar-refractivity contribution in [3.63, 3.8) is 0 Å². The molecule has 0 fully saturated rings. The number of para-hydroxylation sites is 1. The van der Waals surface area contributed by atoms with Gasteiger partial charge in [0.25, 0.3) is 5.91 Å². The van der Waals surface area contributed by atoms with E-state index in [2.05, 4.69) is 34.7 Å². The normalized spacial score (nSPS) is 10.3. The molecule has 3 aromatic rings. The Kier molecular flexibility index (Phi) is 5.04. The second-order valence-corrected chi connectivity index (χ2v) is 5.64. The molecular formula is C20H18FN3O. The molecule has 1 amide bonds. The van der Waals surface area contributed by atoms with Crippen LogP contribution in [0.3, 0.4) is 0 Å². The zero-order chi connectivity index (χ0) is 17.6.